The van der Waals surface area contributed by atoms with E-state index in [-0.39, 0.29) is 11.6 Å². The first kappa shape index (κ1) is 13.3. The summed E-state index contributed by atoms with van der Waals surface area (Å²) in [6.07, 6.45) is -1.13. The molecule has 2 nitrogen and oxygen atoms in total. The Balaban J connectivity index is 2.07. The molecule has 0 saturated heterocycles. The van der Waals surface area contributed by atoms with Crippen LogP contribution in [0.3, 0.4) is 0 Å². The highest BCUT2D eigenvalue weighted by atomic mass is 79.9. The fraction of sp³-hybridized carbons (Fsp3) is 0.0667. The summed E-state index contributed by atoms with van der Waals surface area (Å²) in [5, 5.41) is 10.8. The SMILES string of the molecule is OC(c1cc2cc(F)ccc2o1)c1cc(F)ccc1Br. The van der Waals surface area contributed by atoms with Crippen molar-refractivity contribution in [3.05, 3.63) is 69.9 Å². The number of halogens is 3. The van der Waals surface area contributed by atoms with Crippen molar-refractivity contribution in [1.29, 1.82) is 0 Å². The molecule has 0 saturated carbocycles. The lowest BCUT2D eigenvalue weighted by Gasteiger charge is -2.10. The maximum atomic E-state index is 13.3. The number of hydrogen-bond acceptors (Lipinski definition) is 2. The summed E-state index contributed by atoms with van der Waals surface area (Å²) >= 11 is 3.26. The van der Waals surface area contributed by atoms with Crippen LogP contribution in [0.15, 0.2) is 51.4 Å². The number of fused-ring (bicyclic) bond motifs is 1. The molecule has 0 fully saturated rings. The molecule has 1 aromatic heterocycles. The van der Waals surface area contributed by atoms with Gasteiger partial charge in [-0.2, -0.15) is 0 Å². The van der Waals surface area contributed by atoms with E-state index >= 15 is 0 Å². The van der Waals surface area contributed by atoms with Crippen molar-refractivity contribution in [2.45, 2.75) is 6.10 Å². The molecular weight excluding hydrogens is 330 g/mol. The monoisotopic (exact) mass is 338 g/mol. The van der Waals surface area contributed by atoms with Crippen molar-refractivity contribution in [2.75, 3.05) is 0 Å². The van der Waals surface area contributed by atoms with Crippen molar-refractivity contribution < 1.29 is 18.3 Å². The molecule has 2 aromatic carbocycles. The van der Waals surface area contributed by atoms with E-state index in [1.165, 1.54) is 36.4 Å². The molecule has 1 unspecified atom stereocenters. The topological polar surface area (TPSA) is 33.4 Å². The van der Waals surface area contributed by atoms with Crippen molar-refractivity contribution in [3.8, 4) is 0 Å². The average molecular weight is 339 g/mol. The molecule has 5 heteroatoms. The maximum absolute atomic E-state index is 13.3. The lowest BCUT2D eigenvalue weighted by molar-refractivity contribution is 0.191. The zero-order valence-corrected chi connectivity index (χ0v) is 11.7. The normalized spacial score (nSPS) is 12.8. The van der Waals surface area contributed by atoms with E-state index in [9.17, 15) is 13.9 Å². The molecule has 20 heavy (non-hydrogen) atoms. The molecule has 0 radical (unpaired) electrons. The molecule has 0 spiro atoms. The Labute approximate surface area is 121 Å². The highest BCUT2D eigenvalue weighted by molar-refractivity contribution is 9.10. The second-order valence-corrected chi connectivity index (χ2v) is 5.25. The van der Waals surface area contributed by atoms with Gasteiger partial charge in [0, 0.05) is 15.4 Å². The first-order valence-electron chi connectivity index (χ1n) is 5.86. The maximum Gasteiger partial charge on any atom is 0.138 e. The first-order chi connectivity index (χ1) is 9.54. The quantitative estimate of drug-likeness (QED) is 0.743. The first-order valence-corrected chi connectivity index (χ1v) is 6.66. The number of hydrogen-bond donors (Lipinski definition) is 1. The Morgan fingerprint density at radius 2 is 1.70 bits per heavy atom. The average Bonchev–Trinajstić information content (AvgIpc) is 2.83. The Hall–Kier alpha value is -1.72. The van der Waals surface area contributed by atoms with E-state index in [0.717, 1.165) is 0 Å². The van der Waals surface area contributed by atoms with E-state index in [1.54, 1.807) is 6.07 Å². The van der Waals surface area contributed by atoms with Gasteiger partial charge in [-0.15, -0.1) is 0 Å². The molecular formula is C15H9BrF2O2. The summed E-state index contributed by atoms with van der Waals surface area (Å²) in [5.41, 5.74) is 0.817. The third-order valence-electron chi connectivity index (χ3n) is 3.02. The van der Waals surface area contributed by atoms with E-state index < -0.39 is 11.9 Å². The van der Waals surface area contributed by atoms with Crippen LogP contribution in [-0.2, 0) is 0 Å². The number of rotatable bonds is 2. The summed E-state index contributed by atoms with van der Waals surface area (Å²) in [4.78, 5) is 0. The van der Waals surface area contributed by atoms with Crippen LogP contribution in [0, 0.1) is 11.6 Å². The van der Waals surface area contributed by atoms with E-state index in [2.05, 4.69) is 15.9 Å². The van der Waals surface area contributed by atoms with Crippen molar-refractivity contribution >= 4 is 26.9 Å². The van der Waals surface area contributed by atoms with Gasteiger partial charge in [0.05, 0.1) is 0 Å². The van der Waals surface area contributed by atoms with E-state index in [1.807, 2.05) is 0 Å². The molecule has 1 heterocycles. The predicted molar refractivity (Wildman–Crippen MR) is 74.3 cm³/mol. The van der Waals surface area contributed by atoms with Gasteiger partial charge in [0.25, 0.3) is 0 Å². The van der Waals surface area contributed by atoms with Crippen molar-refractivity contribution in [1.82, 2.24) is 0 Å². The fourth-order valence-electron chi connectivity index (χ4n) is 2.05. The molecule has 0 aliphatic heterocycles. The number of furan rings is 1. The Morgan fingerprint density at radius 1 is 1.00 bits per heavy atom. The van der Waals surface area contributed by atoms with E-state index in [0.29, 0.717) is 21.0 Å². The van der Waals surface area contributed by atoms with Gasteiger partial charge in [-0.25, -0.2) is 8.78 Å². The van der Waals surface area contributed by atoms with Gasteiger partial charge >= 0.3 is 0 Å². The van der Waals surface area contributed by atoms with Crippen LogP contribution in [-0.4, -0.2) is 5.11 Å². The minimum Gasteiger partial charge on any atom is -0.458 e. The van der Waals surface area contributed by atoms with Gasteiger partial charge in [-0.3, -0.25) is 0 Å². The summed E-state index contributed by atoms with van der Waals surface area (Å²) in [7, 11) is 0. The minimum absolute atomic E-state index is 0.233. The van der Waals surface area contributed by atoms with Gasteiger partial charge in [-0.05, 0) is 42.5 Å². The van der Waals surface area contributed by atoms with Crippen molar-refractivity contribution in [3.63, 3.8) is 0 Å². The van der Waals surface area contributed by atoms with E-state index in [4.69, 9.17) is 4.42 Å². The summed E-state index contributed by atoms with van der Waals surface area (Å²) in [6.45, 7) is 0. The Morgan fingerprint density at radius 3 is 2.50 bits per heavy atom. The Bertz CT molecular complexity index is 783. The summed E-state index contributed by atoms with van der Waals surface area (Å²) in [5.74, 6) is -0.604. The molecule has 1 N–H and O–H groups in total. The molecule has 0 aliphatic rings. The summed E-state index contributed by atoms with van der Waals surface area (Å²) < 4.78 is 32.4. The largest absolute Gasteiger partial charge is 0.458 e. The zero-order valence-electron chi connectivity index (χ0n) is 10.1. The molecule has 0 aliphatic carbocycles. The van der Waals surface area contributed by atoms with Crippen LogP contribution in [0.25, 0.3) is 11.0 Å². The smallest absolute Gasteiger partial charge is 0.138 e. The zero-order chi connectivity index (χ0) is 14.3. The highest BCUT2D eigenvalue weighted by Crippen LogP contribution is 2.32. The van der Waals surface area contributed by atoms with Crippen molar-refractivity contribution in [2.24, 2.45) is 0 Å². The van der Waals surface area contributed by atoms with Gasteiger partial charge in [-0.1, -0.05) is 15.9 Å². The fourth-order valence-corrected chi connectivity index (χ4v) is 2.51. The van der Waals surface area contributed by atoms with Gasteiger partial charge < -0.3 is 9.52 Å². The predicted octanol–water partition coefficient (Wildman–Crippen LogP) is 4.56. The van der Waals surface area contributed by atoms with Crippen LogP contribution >= 0.6 is 15.9 Å². The summed E-state index contributed by atoms with van der Waals surface area (Å²) in [6, 6.07) is 9.64. The number of aliphatic hydroxyl groups excluding tert-OH is 1. The standard InChI is InChI=1S/C15H9BrF2O2/c16-12-3-1-10(18)7-11(12)15(19)14-6-8-5-9(17)2-4-13(8)20-14/h1-7,15,19H. The lowest BCUT2D eigenvalue weighted by atomic mass is 10.1. The second-order valence-electron chi connectivity index (χ2n) is 4.40. The van der Waals surface area contributed by atoms with Gasteiger partial charge in [0.2, 0.25) is 0 Å². The molecule has 0 bridgehead atoms. The minimum atomic E-state index is -1.13. The van der Waals surface area contributed by atoms with Gasteiger partial charge in [0.15, 0.2) is 0 Å². The third-order valence-corrected chi connectivity index (χ3v) is 3.74. The third kappa shape index (κ3) is 2.34. The molecule has 102 valence electrons. The van der Waals surface area contributed by atoms with Crippen LogP contribution in [0.2, 0.25) is 0 Å². The highest BCUT2D eigenvalue weighted by Gasteiger charge is 2.19. The molecule has 0 amide bonds. The van der Waals surface area contributed by atoms with Gasteiger partial charge in [0.1, 0.15) is 29.1 Å². The molecule has 3 aromatic rings. The molecule has 3 rings (SSSR count). The number of aliphatic hydroxyl groups is 1. The van der Waals surface area contributed by atoms with Crippen LogP contribution in [0.1, 0.15) is 17.4 Å². The Kier molecular flexibility index (Phi) is 3.31. The van der Waals surface area contributed by atoms with Crippen LogP contribution in [0.5, 0.6) is 0 Å². The van der Waals surface area contributed by atoms with Crippen LogP contribution in [0.4, 0.5) is 8.78 Å². The lowest BCUT2D eigenvalue weighted by Crippen LogP contribution is -1.99. The van der Waals surface area contributed by atoms with Crippen LogP contribution < -0.4 is 0 Å². The number of benzene rings is 2. The molecule has 1 atom stereocenters. The second kappa shape index (κ2) is 5.00.